The number of benzene rings is 1. The average molecular weight is 386 g/mol. The fourth-order valence-corrected chi connectivity index (χ4v) is 3.81. The van der Waals surface area contributed by atoms with Gasteiger partial charge in [0.25, 0.3) is 0 Å². The first-order valence-corrected chi connectivity index (χ1v) is 10.2. The standard InChI is InChI=1S/C21H30N4O3/c1-23-16-20(27)25(21(23)28)13-7-10-19(26)22-14-17-8-3-4-9-18(17)15-24-11-5-2-6-12-24/h3-4,8-9H,2,5-7,10-16H2,1H3,(H,22,26). The second-order valence-corrected chi connectivity index (χ2v) is 7.67. The number of likely N-dealkylation sites (N-methyl/N-ethyl adjacent to an activating group) is 1. The van der Waals surface area contributed by atoms with E-state index in [9.17, 15) is 14.4 Å². The molecular weight excluding hydrogens is 356 g/mol. The number of hydrogen-bond acceptors (Lipinski definition) is 4. The fourth-order valence-electron chi connectivity index (χ4n) is 3.81. The molecular formula is C21H30N4O3. The lowest BCUT2D eigenvalue weighted by atomic mass is 10.0. The predicted molar refractivity (Wildman–Crippen MR) is 106 cm³/mol. The highest BCUT2D eigenvalue weighted by molar-refractivity contribution is 6.01. The molecule has 2 heterocycles. The predicted octanol–water partition coefficient (Wildman–Crippen LogP) is 1.96. The summed E-state index contributed by atoms with van der Waals surface area (Å²) in [4.78, 5) is 40.9. The van der Waals surface area contributed by atoms with Crippen LogP contribution >= 0.6 is 0 Å². The van der Waals surface area contributed by atoms with E-state index in [2.05, 4.69) is 22.3 Å². The molecule has 0 aliphatic carbocycles. The van der Waals surface area contributed by atoms with E-state index in [1.54, 1.807) is 7.05 Å². The Hall–Kier alpha value is -2.41. The van der Waals surface area contributed by atoms with Gasteiger partial charge in [-0.05, 0) is 43.5 Å². The Labute approximate surface area is 166 Å². The maximum Gasteiger partial charge on any atom is 0.326 e. The van der Waals surface area contributed by atoms with E-state index in [0.29, 0.717) is 25.9 Å². The summed E-state index contributed by atoms with van der Waals surface area (Å²) in [6.07, 6.45) is 4.62. The maximum absolute atomic E-state index is 12.2. The van der Waals surface area contributed by atoms with E-state index in [-0.39, 0.29) is 24.4 Å². The van der Waals surface area contributed by atoms with E-state index in [0.717, 1.165) is 25.2 Å². The van der Waals surface area contributed by atoms with Gasteiger partial charge in [0.15, 0.2) is 0 Å². The van der Waals surface area contributed by atoms with Crippen LogP contribution in [0.5, 0.6) is 0 Å². The van der Waals surface area contributed by atoms with E-state index in [1.807, 2.05) is 12.1 Å². The number of hydrogen-bond donors (Lipinski definition) is 1. The van der Waals surface area contributed by atoms with Gasteiger partial charge in [0.2, 0.25) is 11.8 Å². The van der Waals surface area contributed by atoms with Gasteiger partial charge in [0.1, 0.15) is 6.54 Å². The van der Waals surface area contributed by atoms with Gasteiger partial charge >= 0.3 is 6.03 Å². The summed E-state index contributed by atoms with van der Waals surface area (Å²) in [5.74, 6) is -0.250. The number of piperidine rings is 1. The Balaban J connectivity index is 1.43. The molecule has 0 bridgehead atoms. The van der Waals surface area contributed by atoms with Gasteiger partial charge in [0, 0.05) is 33.1 Å². The molecule has 28 heavy (non-hydrogen) atoms. The Morgan fingerprint density at radius 2 is 1.79 bits per heavy atom. The number of likely N-dealkylation sites (tertiary alicyclic amines) is 1. The molecule has 3 rings (SSSR count). The van der Waals surface area contributed by atoms with Crippen molar-refractivity contribution in [3.8, 4) is 0 Å². The smallest absolute Gasteiger partial charge is 0.326 e. The number of urea groups is 1. The van der Waals surface area contributed by atoms with E-state index >= 15 is 0 Å². The summed E-state index contributed by atoms with van der Waals surface area (Å²) in [6, 6.07) is 7.97. The Kier molecular flexibility index (Phi) is 7.03. The fraction of sp³-hybridized carbons (Fsp3) is 0.571. The second-order valence-electron chi connectivity index (χ2n) is 7.67. The molecule has 1 aromatic carbocycles. The first kappa shape index (κ1) is 20.3. The third-order valence-electron chi connectivity index (χ3n) is 5.45. The quantitative estimate of drug-likeness (QED) is 0.693. The minimum Gasteiger partial charge on any atom is -0.352 e. The van der Waals surface area contributed by atoms with Crippen molar-refractivity contribution in [2.45, 2.75) is 45.2 Å². The molecule has 7 heteroatoms. The highest BCUT2D eigenvalue weighted by Crippen LogP contribution is 2.16. The van der Waals surface area contributed by atoms with Crippen LogP contribution in [0.15, 0.2) is 24.3 Å². The number of nitrogens with zero attached hydrogens (tertiary/aromatic N) is 3. The molecule has 4 amide bonds. The molecule has 2 fully saturated rings. The lowest BCUT2D eigenvalue weighted by Gasteiger charge is -2.27. The molecule has 0 spiro atoms. The van der Waals surface area contributed by atoms with Crippen LogP contribution in [0, 0.1) is 0 Å². The van der Waals surface area contributed by atoms with Crippen LogP contribution in [0.3, 0.4) is 0 Å². The summed E-state index contributed by atoms with van der Waals surface area (Å²) in [7, 11) is 1.61. The second kappa shape index (κ2) is 9.68. The Bertz CT molecular complexity index is 715. The van der Waals surface area contributed by atoms with Crippen molar-refractivity contribution in [3.05, 3.63) is 35.4 Å². The first-order chi connectivity index (χ1) is 13.5. The zero-order valence-corrected chi connectivity index (χ0v) is 16.7. The van der Waals surface area contributed by atoms with Crippen LogP contribution in [0.1, 0.15) is 43.2 Å². The van der Waals surface area contributed by atoms with Crippen molar-refractivity contribution in [2.75, 3.05) is 33.2 Å². The van der Waals surface area contributed by atoms with Crippen LogP contribution in [-0.2, 0) is 22.7 Å². The van der Waals surface area contributed by atoms with Crippen LogP contribution in [-0.4, -0.2) is 65.8 Å². The molecule has 2 aliphatic rings. The third kappa shape index (κ3) is 5.32. The summed E-state index contributed by atoms with van der Waals surface area (Å²) >= 11 is 0. The SMILES string of the molecule is CN1CC(=O)N(CCCC(=O)NCc2ccccc2CN2CCCCC2)C1=O. The molecule has 2 aliphatic heterocycles. The molecule has 0 atom stereocenters. The Morgan fingerprint density at radius 3 is 2.46 bits per heavy atom. The minimum absolute atomic E-state index is 0.0553. The van der Waals surface area contributed by atoms with Gasteiger partial charge in [-0.2, -0.15) is 0 Å². The van der Waals surface area contributed by atoms with Gasteiger partial charge in [-0.1, -0.05) is 30.7 Å². The lowest BCUT2D eigenvalue weighted by Crippen LogP contribution is -2.33. The van der Waals surface area contributed by atoms with E-state index in [4.69, 9.17) is 0 Å². The maximum atomic E-state index is 12.2. The largest absolute Gasteiger partial charge is 0.352 e. The lowest BCUT2D eigenvalue weighted by molar-refractivity contribution is -0.126. The van der Waals surface area contributed by atoms with Crippen molar-refractivity contribution in [1.82, 2.24) is 20.0 Å². The third-order valence-corrected chi connectivity index (χ3v) is 5.45. The molecule has 0 radical (unpaired) electrons. The molecule has 1 aromatic rings. The number of carbonyl (C=O) groups excluding carboxylic acids is 3. The highest BCUT2D eigenvalue weighted by Gasteiger charge is 2.32. The molecule has 7 nitrogen and oxygen atoms in total. The normalized spacial score (nSPS) is 18.0. The van der Waals surface area contributed by atoms with Gasteiger partial charge < -0.3 is 10.2 Å². The molecule has 0 unspecified atom stereocenters. The van der Waals surface area contributed by atoms with Gasteiger partial charge in [-0.3, -0.25) is 19.4 Å². The zero-order chi connectivity index (χ0) is 19.9. The molecule has 2 saturated heterocycles. The number of amides is 4. The van der Waals surface area contributed by atoms with Crippen molar-refractivity contribution < 1.29 is 14.4 Å². The van der Waals surface area contributed by atoms with Gasteiger partial charge in [-0.15, -0.1) is 0 Å². The van der Waals surface area contributed by atoms with Crippen LogP contribution < -0.4 is 5.32 Å². The van der Waals surface area contributed by atoms with Crippen molar-refractivity contribution in [1.29, 1.82) is 0 Å². The number of rotatable bonds is 8. The van der Waals surface area contributed by atoms with Crippen LogP contribution in [0.4, 0.5) is 4.79 Å². The highest BCUT2D eigenvalue weighted by atomic mass is 16.2. The molecule has 1 N–H and O–H groups in total. The monoisotopic (exact) mass is 386 g/mol. The minimum atomic E-state index is -0.281. The molecule has 0 aromatic heterocycles. The molecule has 0 saturated carbocycles. The van der Waals surface area contributed by atoms with E-state index < -0.39 is 0 Å². The van der Waals surface area contributed by atoms with Crippen LogP contribution in [0.25, 0.3) is 0 Å². The summed E-state index contributed by atoms with van der Waals surface area (Å²) in [5, 5.41) is 2.98. The average Bonchev–Trinajstić information content (AvgIpc) is 2.94. The van der Waals surface area contributed by atoms with Crippen molar-refractivity contribution in [3.63, 3.8) is 0 Å². The first-order valence-electron chi connectivity index (χ1n) is 10.2. The van der Waals surface area contributed by atoms with E-state index in [1.165, 1.54) is 34.6 Å². The van der Waals surface area contributed by atoms with Crippen molar-refractivity contribution >= 4 is 17.8 Å². The number of imide groups is 1. The summed E-state index contributed by atoms with van der Waals surface area (Å²) in [5.41, 5.74) is 2.41. The summed E-state index contributed by atoms with van der Waals surface area (Å²) < 4.78 is 0. The van der Waals surface area contributed by atoms with Crippen molar-refractivity contribution in [2.24, 2.45) is 0 Å². The van der Waals surface area contributed by atoms with Crippen LogP contribution in [0.2, 0.25) is 0 Å². The Morgan fingerprint density at radius 1 is 1.07 bits per heavy atom. The topological polar surface area (TPSA) is 73.0 Å². The van der Waals surface area contributed by atoms with Gasteiger partial charge in [0.05, 0.1) is 0 Å². The zero-order valence-electron chi connectivity index (χ0n) is 16.7. The number of carbonyl (C=O) groups is 3. The molecule has 152 valence electrons. The number of nitrogens with one attached hydrogen (secondary N) is 1. The summed E-state index contributed by atoms with van der Waals surface area (Å²) in [6.45, 7) is 4.14. The van der Waals surface area contributed by atoms with Gasteiger partial charge in [-0.25, -0.2) is 4.79 Å².